The van der Waals surface area contributed by atoms with E-state index in [2.05, 4.69) is 21.2 Å². The van der Waals surface area contributed by atoms with Crippen LogP contribution in [-0.4, -0.2) is 31.4 Å². The minimum Gasteiger partial charge on any atom is -0.460 e. The van der Waals surface area contributed by atoms with Crippen LogP contribution in [0.2, 0.25) is 0 Å². The van der Waals surface area contributed by atoms with E-state index in [0.29, 0.717) is 17.3 Å². The molecule has 3 rings (SSSR count). The summed E-state index contributed by atoms with van der Waals surface area (Å²) in [5, 5.41) is 3.84. The summed E-state index contributed by atoms with van der Waals surface area (Å²) in [6.45, 7) is 2.42. The predicted octanol–water partition coefficient (Wildman–Crippen LogP) is 4.35. The molecule has 0 bridgehead atoms. The summed E-state index contributed by atoms with van der Waals surface area (Å²) in [7, 11) is 1.57. The van der Waals surface area contributed by atoms with E-state index in [1.807, 2.05) is 66.4 Å². The summed E-state index contributed by atoms with van der Waals surface area (Å²) in [6.07, 6.45) is 0. The Balaban J connectivity index is 2.04. The number of halogens is 1. The van der Waals surface area contributed by atoms with Crippen molar-refractivity contribution in [1.29, 1.82) is 0 Å². The quantitative estimate of drug-likeness (QED) is 0.392. The number of nitrogens with zero attached hydrogens (tertiary/aromatic N) is 1. The van der Waals surface area contributed by atoms with Crippen LogP contribution < -0.4 is 10.2 Å². The Labute approximate surface area is 178 Å². The van der Waals surface area contributed by atoms with Gasteiger partial charge in [-0.1, -0.05) is 46.3 Å². The summed E-state index contributed by atoms with van der Waals surface area (Å²) in [5.74, 6) is -0.390. The number of benzene rings is 2. The Kier molecular flexibility index (Phi) is 6.83. The summed E-state index contributed by atoms with van der Waals surface area (Å²) in [4.78, 5) is 14.8. The topological polar surface area (TPSA) is 50.8 Å². The first-order chi connectivity index (χ1) is 13.5. The molecule has 0 aromatic heterocycles. The molecule has 146 valence electrons. The van der Waals surface area contributed by atoms with Crippen molar-refractivity contribution in [3.8, 4) is 0 Å². The van der Waals surface area contributed by atoms with Crippen LogP contribution in [0.5, 0.6) is 0 Å². The van der Waals surface area contributed by atoms with Crippen LogP contribution in [-0.2, 0) is 14.3 Å². The number of hydrogen-bond donors (Lipinski definition) is 1. The van der Waals surface area contributed by atoms with Gasteiger partial charge in [-0.05, 0) is 49.0 Å². The SMILES string of the molecule is COCCOC(=O)C1=C(C)N(c2ccccc2)C(=S)NC1c1ccc(Br)cc1. The number of carbonyl (C=O) groups is 1. The number of nitrogens with one attached hydrogen (secondary N) is 1. The van der Waals surface area contributed by atoms with Gasteiger partial charge in [0.1, 0.15) is 6.61 Å². The van der Waals surface area contributed by atoms with Gasteiger partial charge in [0.05, 0.1) is 18.2 Å². The minimum atomic E-state index is -0.393. The first kappa shape index (κ1) is 20.5. The van der Waals surface area contributed by atoms with Crippen LogP contribution in [0.1, 0.15) is 18.5 Å². The molecule has 0 fully saturated rings. The monoisotopic (exact) mass is 460 g/mol. The standard InChI is InChI=1S/C21H21BrN2O3S/c1-14-18(20(25)27-13-12-26-2)19(15-8-10-16(22)11-9-15)23-21(28)24(14)17-6-4-3-5-7-17/h3-11,19H,12-13H2,1-2H3,(H,23,28). The fraction of sp³-hybridized carbons (Fsp3) is 0.238. The third-order valence-electron chi connectivity index (χ3n) is 4.44. The van der Waals surface area contributed by atoms with E-state index in [9.17, 15) is 4.79 Å². The van der Waals surface area contributed by atoms with Gasteiger partial charge in [0.25, 0.3) is 0 Å². The molecule has 2 aromatic rings. The number of ether oxygens (including phenoxy) is 2. The molecule has 0 radical (unpaired) electrons. The first-order valence-electron chi connectivity index (χ1n) is 8.81. The Morgan fingerprint density at radius 3 is 2.46 bits per heavy atom. The highest BCUT2D eigenvalue weighted by molar-refractivity contribution is 9.10. The highest BCUT2D eigenvalue weighted by Crippen LogP contribution is 2.34. The summed E-state index contributed by atoms with van der Waals surface area (Å²) >= 11 is 9.08. The number of thiocarbonyl (C=S) groups is 1. The minimum absolute atomic E-state index is 0.189. The predicted molar refractivity (Wildman–Crippen MR) is 117 cm³/mol. The Bertz CT molecular complexity index is 884. The lowest BCUT2D eigenvalue weighted by molar-refractivity contribution is -0.140. The van der Waals surface area contributed by atoms with Gasteiger partial charge in [0.15, 0.2) is 5.11 Å². The van der Waals surface area contributed by atoms with Crippen LogP contribution >= 0.6 is 28.1 Å². The van der Waals surface area contributed by atoms with Crippen LogP contribution in [0.4, 0.5) is 5.69 Å². The van der Waals surface area contributed by atoms with Gasteiger partial charge in [-0.2, -0.15) is 0 Å². The summed E-state index contributed by atoms with van der Waals surface area (Å²) < 4.78 is 11.4. The smallest absolute Gasteiger partial charge is 0.338 e. The van der Waals surface area contributed by atoms with E-state index >= 15 is 0 Å². The average Bonchev–Trinajstić information content (AvgIpc) is 2.69. The molecule has 0 aliphatic carbocycles. The molecule has 1 unspecified atom stereocenters. The number of esters is 1. The molecular formula is C21H21BrN2O3S. The zero-order chi connectivity index (χ0) is 20.1. The lowest BCUT2D eigenvalue weighted by atomic mass is 9.95. The molecule has 28 heavy (non-hydrogen) atoms. The largest absolute Gasteiger partial charge is 0.460 e. The van der Waals surface area contributed by atoms with Crippen molar-refractivity contribution in [3.63, 3.8) is 0 Å². The Hall–Kier alpha value is -2.22. The zero-order valence-corrected chi connectivity index (χ0v) is 18.0. The van der Waals surface area contributed by atoms with Gasteiger partial charge in [0, 0.05) is 23.0 Å². The normalized spacial score (nSPS) is 16.8. The second kappa shape index (κ2) is 9.32. The molecular weight excluding hydrogens is 440 g/mol. The molecule has 0 saturated heterocycles. The van der Waals surface area contributed by atoms with Crippen molar-refractivity contribution in [2.45, 2.75) is 13.0 Å². The Morgan fingerprint density at radius 1 is 1.14 bits per heavy atom. The fourth-order valence-corrected chi connectivity index (χ4v) is 3.72. The molecule has 1 atom stereocenters. The molecule has 1 aliphatic rings. The van der Waals surface area contributed by atoms with Gasteiger partial charge < -0.3 is 14.8 Å². The molecule has 1 heterocycles. The summed E-state index contributed by atoms with van der Waals surface area (Å²) in [5.41, 5.74) is 3.08. The molecule has 5 nitrogen and oxygen atoms in total. The number of allylic oxidation sites excluding steroid dienone is 1. The van der Waals surface area contributed by atoms with E-state index in [0.717, 1.165) is 21.4 Å². The third-order valence-corrected chi connectivity index (χ3v) is 5.27. The van der Waals surface area contributed by atoms with Gasteiger partial charge in [-0.3, -0.25) is 4.90 Å². The molecule has 7 heteroatoms. The molecule has 1 aliphatic heterocycles. The van der Waals surface area contributed by atoms with Crippen LogP contribution in [0.25, 0.3) is 0 Å². The van der Waals surface area contributed by atoms with Crippen molar-refractivity contribution in [1.82, 2.24) is 5.32 Å². The molecule has 1 N–H and O–H groups in total. The average molecular weight is 461 g/mol. The number of carbonyl (C=O) groups excluding carboxylic acids is 1. The number of para-hydroxylation sites is 1. The second-order valence-electron chi connectivity index (χ2n) is 6.23. The maximum absolute atomic E-state index is 13.0. The van der Waals surface area contributed by atoms with Gasteiger partial charge in [0.2, 0.25) is 0 Å². The van der Waals surface area contributed by atoms with Gasteiger partial charge in [-0.25, -0.2) is 4.79 Å². The van der Waals surface area contributed by atoms with Crippen LogP contribution in [0.15, 0.2) is 70.3 Å². The Morgan fingerprint density at radius 2 is 1.82 bits per heavy atom. The molecule has 0 amide bonds. The van der Waals surface area contributed by atoms with Crippen molar-refractivity contribution >= 4 is 44.9 Å². The zero-order valence-electron chi connectivity index (χ0n) is 15.6. The number of rotatable bonds is 6. The molecule has 0 spiro atoms. The van der Waals surface area contributed by atoms with E-state index < -0.39 is 12.0 Å². The van der Waals surface area contributed by atoms with Gasteiger partial charge >= 0.3 is 5.97 Å². The van der Waals surface area contributed by atoms with Crippen molar-refractivity contribution in [3.05, 3.63) is 75.9 Å². The fourth-order valence-electron chi connectivity index (χ4n) is 3.10. The van der Waals surface area contributed by atoms with Crippen LogP contribution in [0, 0.1) is 0 Å². The molecule has 2 aromatic carbocycles. The van der Waals surface area contributed by atoms with Crippen LogP contribution in [0.3, 0.4) is 0 Å². The van der Waals surface area contributed by atoms with E-state index in [1.54, 1.807) is 7.11 Å². The lowest BCUT2D eigenvalue weighted by Crippen LogP contribution is -2.48. The maximum atomic E-state index is 13.0. The maximum Gasteiger partial charge on any atom is 0.338 e. The van der Waals surface area contributed by atoms with Crippen molar-refractivity contribution in [2.75, 3.05) is 25.2 Å². The second-order valence-corrected chi connectivity index (χ2v) is 7.54. The number of anilines is 1. The first-order valence-corrected chi connectivity index (χ1v) is 10.0. The number of hydrogen-bond acceptors (Lipinski definition) is 4. The van der Waals surface area contributed by atoms with Crippen molar-refractivity contribution in [2.24, 2.45) is 0 Å². The van der Waals surface area contributed by atoms with E-state index in [-0.39, 0.29) is 6.61 Å². The van der Waals surface area contributed by atoms with Crippen molar-refractivity contribution < 1.29 is 14.3 Å². The highest BCUT2D eigenvalue weighted by Gasteiger charge is 2.35. The number of methoxy groups -OCH3 is 1. The highest BCUT2D eigenvalue weighted by atomic mass is 79.9. The molecule has 0 saturated carbocycles. The van der Waals surface area contributed by atoms with Gasteiger partial charge in [-0.15, -0.1) is 0 Å². The van der Waals surface area contributed by atoms with E-state index in [4.69, 9.17) is 21.7 Å². The summed E-state index contributed by atoms with van der Waals surface area (Å²) in [6, 6.07) is 17.1. The lowest BCUT2D eigenvalue weighted by Gasteiger charge is -2.37. The third kappa shape index (κ3) is 4.43. The van der Waals surface area contributed by atoms with E-state index in [1.165, 1.54) is 0 Å².